The van der Waals surface area contributed by atoms with Crippen LogP contribution < -0.4 is 10.2 Å². The van der Waals surface area contributed by atoms with Crippen molar-refractivity contribution in [3.05, 3.63) is 70.8 Å². The zero-order valence-electron chi connectivity index (χ0n) is 16.2. The van der Waals surface area contributed by atoms with E-state index in [1.54, 1.807) is 42.5 Å². The van der Waals surface area contributed by atoms with Crippen molar-refractivity contribution in [3.8, 4) is 0 Å². The number of carbonyl (C=O) groups is 3. The second kappa shape index (κ2) is 7.48. The third kappa shape index (κ3) is 3.25. The second-order valence-corrected chi connectivity index (χ2v) is 7.96. The van der Waals surface area contributed by atoms with Gasteiger partial charge in [0, 0.05) is 10.7 Å². The van der Waals surface area contributed by atoms with E-state index in [1.807, 2.05) is 26.0 Å². The summed E-state index contributed by atoms with van der Waals surface area (Å²) in [5.74, 6) is -1.63. The molecular weight excluding hydrogens is 388 g/mol. The number of anilines is 2. The molecule has 0 saturated carbocycles. The molecule has 1 aliphatic heterocycles. The van der Waals surface area contributed by atoms with Crippen LogP contribution in [-0.2, 0) is 9.59 Å². The Hall–Kier alpha value is -2.92. The Balaban J connectivity index is 1.69. The zero-order chi connectivity index (χ0) is 20.7. The lowest BCUT2D eigenvalue weighted by atomic mass is 9.78. The van der Waals surface area contributed by atoms with Gasteiger partial charge in [-0.1, -0.05) is 48.9 Å². The van der Waals surface area contributed by atoms with Crippen molar-refractivity contribution in [2.45, 2.75) is 20.3 Å². The first-order valence-electron chi connectivity index (χ1n) is 9.60. The molecule has 2 aromatic rings. The molecular formula is C23H21ClN2O3. The van der Waals surface area contributed by atoms with Crippen LogP contribution >= 0.6 is 11.6 Å². The first-order valence-corrected chi connectivity index (χ1v) is 9.98. The number of amides is 3. The minimum atomic E-state index is -0.396. The summed E-state index contributed by atoms with van der Waals surface area (Å²) in [5, 5.41) is 3.40. The van der Waals surface area contributed by atoms with Crippen molar-refractivity contribution in [1.29, 1.82) is 0 Å². The van der Waals surface area contributed by atoms with Gasteiger partial charge in [0.05, 0.1) is 23.1 Å². The average Bonchev–Trinajstić information content (AvgIpc) is 2.97. The highest BCUT2D eigenvalue weighted by atomic mass is 35.5. The van der Waals surface area contributed by atoms with E-state index < -0.39 is 5.91 Å². The molecule has 0 radical (unpaired) electrons. The summed E-state index contributed by atoms with van der Waals surface area (Å²) in [5.41, 5.74) is 1.93. The number of imide groups is 1. The monoisotopic (exact) mass is 408 g/mol. The van der Waals surface area contributed by atoms with E-state index in [1.165, 1.54) is 4.90 Å². The van der Waals surface area contributed by atoms with Gasteiger partial charge >= 0.3 is 0 Å². The largest absolute Gasteiger partial charge is 0.322 e. The van der Waals surface area contributed by atoms with Crippen molar-refractivity contribution in [2.24, 2.45) is 17.8 Å². The number of benzene rings is 2. The van der Waals surface area contributed by atoms with E-state index >= 15 is 0 Å². The van der Waals surface area contributed by atoms with Crippen molar-refractivity contribution >= 4 is 40.7 Å². The number of hydrogen-bond acceptors (Lipinski definition) is 3. The summed E-state index contributed by atoms with van der Waals surface area (Å²) >= 11 is 6.15. The molecule has 1 heterocycles. The van der Waals surface area contributed by atoms with Gasteiger partial charge < -0.3 is 5.32 Å². The topological polar surface area (TPSA) is 66.5 Å². The van der Waals surface area contributed by atoms with Crippen molar-refractivity contribution in [2.75, 3.05) is 10.2 Å². The number of carbonyl (C=O) groups excluding carboxylic acids is 3. The maximum atomic E-state index is 13.1. The molecule has 5 nitrogen and oxygen atoms in total. The highest BCUT2D eigenvalue weighted by Gasteiger charge is 2.51. The molecule has 29 heavy (non-hydrogen) atoms. The highest BCUT2D eigenvalue weighted by molar-refractivity contribution is 6.32. The zero-order valence-corrected chi connectivity index (χ0v) is 16.9. The van der Waals surface area contributed by atoms with Gasteiger partial charge in [0.15, 0.2) is 0 Å². The van der Waals surface area contributed by atoms with E-state index in [0.29, 0.717) is 22.8 Å². The Bertz CT molecular complexity index is 1050. The first kappa shape index (κ1) is 19.4. The summed E-state index contributed by atoms with van der Waals surface area (Å²) in [6.45, 7) is 3.76. The van der Waals surface area contributed by atoms with Crippen LogP contribution in [0, 0.1) is 24.7 Å². The highest BCUT2D eigenvalue weighted by Crippen LogP contribution is 2.41. The number of halogens is 1. The van der Waals surface area contributed by atoms with E-state index in [-0.39, 0.29) is 35.1 Å². The van der Waals surface area contributed by atoms with Gasteiger partial charge in [-0.2, -0.15) is 0 Å². The molecule has 2 aliphatic rings. The summed E-state index contributed by atoms with van der Waals surface area (Å²) in [6.07, 6.45) is 4.49. The molecule has 3 atom stereocenters. The minimum absolute atomic E-state index is 0.00898. The van der Waals surface area contributed by atoms with Crippen LogP contribution in [0.5, 0.6) is 0 Å². The van der Waals surface area contributed by atoms with E-state index in [4.69, 9.17) is 11.6 Å². The Labute approximate surface area is 174 Å². The molecule has 6 heteroatoms. The van der Waals surface area contributed by atoms with E-state index in [2.05, 4.69) is 5.32 Å². The van der Waals surface area contributed by atoms with Crippen LogP contribution in [-0.4, -0.2) is 17.7 Å². The first-order chi connectivity index (χ1) is 13.9. The molecule has 0 bridgehead atoms. The van der Waals surface area contributed by atoms with Gasteiger partial charge in [-0.3, -0.25) is 14.4 Å². The summed E-state index contributed by atoms with van der Waals surface area (Å²) in [6, 6.07) is 12.0. The van der Waals surface area contributed by atoms with Crippen LogP contribution in [0.1, 0.15) is 29.3 Å². The lowest BCUT2D eigenvalue weighted by Crippen LogP contribution is -2.33. The fourth-order valence-corrected chi connectivity index (χ4v) is 4.35. The Morgan fingerprint density at radius 3 is 2.62 bits per heavy atom. The van der Waals surface area contributed by atoms with Crippen molar-refractivity contribution in [1.82, 2.24) is 0 Å². The number of rotatable bonds is 3. The SMILES string of the molecule is Cc1c(Cl)cccc1NC(=O)c1ccccc1N1C(=O)[C@@H]2[C@@H](C)C=CC[C@H]2C1=O. The number of fused-ring (bicyclic) bond motifs is 1. The lowest BCUT2D eigenvalue weighted by Gasteiger charge is -2.22. The summed E-state index contributed by atoms with van der Waals surface area (Å²) in [4.78, 5) is 40.4. The molecule has 0 unspecified atom stereocenters. The third-order valence-electron chi connectivity index (χ3n) is 5.78. The minimum Gasteiger partial charge on any atom is -0.322 e. The predicted molar refractivity (Wildman–Crippen MR) is 113 cm³/mol. The molecule has 1 N–H and O–H groups in total. The quantitative estimate of drug-likeness (QED) is 0.596. The molecule has 148 valence electrons. The summed E-state index contributed by atoms with van der Waals surface area (Å²) < 4.78 is 0. The number of hydrogen-bond donors (Lipinski definition) is 1. The fourth-order valence-electron chi connectivity index (χ4n) is 4.18. The predicted octanol–water partition coefficient (Wildman–Crippen LogP) is 4.60. The van der Waals surface area contributed by atoms with Gasteiger partial charge in [0.2, 0.25) is 11.8 Å². The molecule has 1 fully saturated rings. The van der Waals surface area contributed by atoms with Gasteiger partial charge in [0.25, 0.3) is 5.91 Å². The van der Waals surface area contributed by atoms with Crippen molar-refractivity contribution < 1.29 is 14.4 Å². The van der Waals surface area contributed by atoms with Gasteiger partial charge in [0.1, 0.15) is 0 Å². The van der Waals surface area contributed by atoms with Crippen LogP contribution in [0.2, 0.25) is 5.02 Å². The summed E-state index contributed by atoms with van der Waals surface area (Å²) in [7, 11) is 0. The number of nitrogens with zero attached hydrogens (tertiary/aromatic N) is 1. The molecule has 0 aromatic heterocycles. The number of allylic oxidation sites excluding steroid dienone is 2. The maximum absolute atomic E-state index is 13.1. The molecule has 0 spiro atoms. The van der Waals surface area contributed by atoms with Crippen LogP contribution in [0.25, 0.3) is 0 Å². The molecule has 1 saturated heterocycles. The average molecular weight is 409 g/mol. The molecule has 2 aromatic carbocycles. The Kier molecular flexibility index (Phi) is 5.01. The second-order valence-electron chi connectivity index (χ2n) is 7.55. The molecule has 1 aliphatic carbocycles. The van der Waals surface area contributed by atoms with Crippen LogP contribution in [0.4, 0.5) is 11.4 Å². The van der Waals surface area contributed by atoms with E-state index in [0.717, 1.165) is 5.56 Å². The Morgan fingerprint density at radius 1 is 1.10 bits per heavy atom. The number of para-hydroxylation sites is 1. The normalized spacial score (nSPS) is 23.3. The fraction of sp³-hybridized carbons (Fsp3) is 0.261. The van der Waals surface area contributed by atoms with Gasteiger partial charge in [-0.25, -0.2) is 4.90 Å². The third-order valence-corrected chi connectivity index (χ3v) is 6.19. The van der Waals surface area contributed by atoms with Gasteiger partial charge in [-0.15, -0.1) is 0 Å². The van der Waals surface area contributed by atoms with Crippen LogP contribution in [0.3, 0.4) is 0 Å². The molecule has 3 amide bonds. The Morgan fingerprint density at radius 2 is 1.86 bits per heavy atom. The number of nitrogens with one attached hydrogen (secondary N) is 1. The van der Waals surface area contributed by atoms with Gasteiger partial charge in [-0.05, 0) is 49.1 Å². The molecule has 4 rings (SSSR count). The van der Waals surface area contributed by atoms with Crippen molar-refractivity contribution in [3.63, 3.8) is 0 Å². The standard InChI is InChI=1S/C23H21ClN2O3/c1-13-7-5-9-16-20(13)23(29)26(22(16)28)19-12-4-3-8-15(19)21(27)25-18-11-6-10-17(24)14(18)2/h3-8,10-13,16,20H,9H2,1-2H3,(H,25,27)/t13-,16+,20+/m0/s1. The van der Waals surface area contributed by atoms with Crippen LogP contribution in [0.15, 0.2) is 54.6 Å². The smallest absolute Gasteiger partial charge is 0.257 e. The lowest BCUT2D eigenvalue weighted by molar-refractivity contribution is -0.122. The van der Waals surface area contributed by atoms with E-state index in [9.17, 15) is 14.4 Å². The maximum Gasteiger partial charge on any atom is 0.257 e.